The van der Waals surface area contributed by atoms with Gasteiger partial charge in [0.1, 0.15) is 12.1 Å². The summed E-state index contributed by atoms with van der Waals surface area (Å²) in [5.41, 5.74) is 1.54. The summed E-state index contributed by atoms with van der Waals surface area (Å²) in [6.07, 6.45) is 4.33. The fraction of sp³-hybridized carbons (Fsp3) is 0.444. The molecule has 5 nitrogen and oxygen atoms in total. The molecule has 2 aromatic heterocycles. The first-order valence-corrected chi connectivity index (χ1v) is 4.63. The van der Waals surface area contributed by atoms with Gasteiger partial charge in [0.15, 0.2) is 11.5 Å². The number of nitrogens with one attached hydrogen (secondary N) is 1. The van der Waals surface area contributed by atoms with E-state index in [2.05, 4.69) is 26.9 Å². The van der Waals surface area contributed by atoms with Gasteiger partial charge in [-0.1, -0.05) is 6.92 Å². The van der Waals surface area contributed by atoms with Crippen molar-refractivity contribution in [3.63, 3.8) is 0 Å². The molecule has 0 radical (unpaired) electrons. The molecule has 0 aromatic carbocycles. The normalized spacial score (nSPS) is 10.9. The molecule has 0 unspecified atom stereocenters. The van der Waals surface area contributed by atoms with E-state index in [0.717, 1.165) is 18.5 Å². The van der Waals surface area contributed by atoms with E-state index in [0.29, 0.717) is 18.1 Å². The third-order valence-electron chi connectivity index (χ3n) is 1.81. The van der Waals surface area contributed by atoms with Crippen LogP contribution in [0.4, 0.5) is 0 Å². The van der Waals surface area contributed by atoms with Gasteiger partial charge in [-0.25, -0.2) is 15.0 Å². The fourth-order valence-corrected chi connectivity index (χ4v) is 1.15. The van der Waals surface area contributed by atoms with Crippen LogP contribution in [-0.4, -0.2) is 26.5 Å². The Balaban J connectivity index is 2.10. The fourth-order valence-electron chi connectivity index (χ4n) is 1.15. The van der Waals surface area contributed by atoms with Crippen LogP contribution in [0.15, 0.2) is 12.5 Å². The SMILES string of the molecule is CCCOCc1ncc2[nH]cnc2n1. The summed E-state index contributed by atoms with van der Waals surface area (Å²) in [6.45, 7) is 3.26. The van der Waals surface area contributed by atoms with Crippen LogP contribution in [0.25, 0.3) is 11.2 Å². The number of H-pyrrole nitrogens is 1. The molecule has 0 aliphatic rings. The molecule has 0 spiro atoms. The first-order valence-electron chi connectivity index (χ1n) is 4.63. The quantitative estimate of drug-likeness (QED) is 0.741. The van der Waals surface area contributed by atoms with Gasteiger partial charge in [0.05, 0.1) is 12.5 Å². The highest BCUT2D eigenvalue weighted by molar-refractivity contribution is 5.67. The summed E-state index contributed by atoms with van der Waals surface area (Å²) in [5.74, 6) is 0.679. The number of hydrogen-bond acceptors (Lipinski definition) is 4. The van der Waals surface area contributed by atoms with Gasteiger partial charge >= 0.3 is 0 Å². The molecule has 0 fully saturated rings. The predicted molar refractivity (Wildman–Crippen MR) is 51.6 cm³/mol. The molecular weight excluding hydrogens is 180 g/mol. The molecule has 5 heteroatoms. The maximum atomic E-state index is 5.33. The first kappa shape index (κ1) is 9.08. The topological polar surface area (TPSA) is 63.7 Å². The number of fused-ring (bicyclic) bond motifs is 1. The Labute approximate surface area is 81.6 Å². The van der Waals surface area contributed by atoms with Gasteiger partial charge < -0.3 is 9.72 Å². The maximum Gasteiger partial charge on any atom is 0.180 e. The smallest absolute Gasteiger partial charge is 0.180 e. The predicted octanol–water partition coefficient (Wildman–Crippen LogP) is 1.28. The summed E-state index contributed by atoms with van der Waals surface area (Å²) in [6, 6.07) is 0. The lowest BCUT2D eigenvalue weighted by Crippen LogP contribution is -1.99. The summed E-state index contributed by atoms with van der Waals surface area (Å²) >= 11 is 0. The third kappa shape index (κ3) is 1.88. The Hall–Kier alpha value is -1.49. The van der Waals surface area contributed by atoms with E-state index in [1.165, 1.54) is 0 Å². The number of aromatic nitrogens is 4. The van der Waals surface area contributed by atoms with Crippen molar-refractivity contribution in [2.75, 3.05) is 6.61 Å². The molecule has 0 aliphatic heterocycles. The third-order valence-corrected chi connectivity index (χ3v) is 1.81. The largest absolute Gasteiger partial charge is 0.373 e. The lowest BCUT2D eigenvalue weighted by atomic mass is 10.5. The minimum atomic E-state index is 0.455. The zero-order chi connectivity index (χ0) is 9.80. The molecular formula is C9H12N4O. The number of aromatic amines is 1. The van der Waals surface area contributed by atoms with E-state index >= 15 is 0 Å². The number of imidazole rings is 1. The van der Waals surface area contributed by atoms with Crippen LogP contribution in [0, 0.1) is 0 Å². The van der Waals surface area contributed by atoms with Crippen molar-refractivity contribution < 1.29 is 4.74 Å². The van der Waals surface area contributed by atoms with Crippen LogP contribution < -0.4 is 0 Å². The van der Waals surface area contributed by atoms with Gasteiger partial charge in [0.2, 0.25) is 0 Å². The van der Waals surface area contributed by atoms with Crippen molar-refractivity contribution in [3.05, 3.63) is 18.3 Å². The minimum Gasteiger partial charge on any atom is -0.373 e. The van der Waals surface area contributed by atoms with E-state index < -0.39 is 0 Å². The van der Waals surface area contributed by atoms with Crippen LogP contribution >= 0.6 is 0 Å². The molecule has 0 saturated heterocycles. The summed E-state index contributed by atoms with van der Waals surface area (Å²) in [7, 11) is 0. The van der Waals surface area contributed by atoms with Crippen molar-refractivity contribution in [2.24, 2.45) is 0 Å². The summed E-state index contributed by atoms with van der Waals surface area (Å²) in [4.78, 5) is 15.4. The van der Waals surface area contributed by atoms with Gasteiger partial charge in [0, 0.05) is 6.61 Å². The lowest BCUT2D eigenvalue weighted by molar-refractivity contribution is 0.116. The molecule has 0 aliphatic carbocycles. The van der Waals surface area contributed by atoms with Crippen LogP contribution in [-0.2, 0) is 11.3 Å². The number of nitrogens with zero attached hydrogens (tertiary/aromatic N) is 3. The number of rotatable bonds is 4. The van der Waals surface area contributed by atoms with Crippen molar-refractivity contribution >= 4 is 11.2 Å². The van der Waals surface area contributed by atoms with Gasteiger partial charge in [-0.3, -0.25) is 0 Å². The van der Waals surface area contributed by atoms with Crippen LogP contribution in [0.3, 0.4) is 0 Å². The highest BCUT2D eigenvalue weighted by Gasteiger charge is 2.01. The second-order valence-electron chi connectivity index (χ2n) is 2.98. The van der Waals surface area contributed by atoms with Gasteiger partial charge in [-0.2, -0.15) is 0 Å². The number of ether oxygens (including phenoxy) is 1. The van der Waals surface area contributed by atoms with Crippen LogP contribution in [0.5, 0.6) is 0 Å². The molecule has 0 bridgehead atoms. The Kier molecular flexibility index (Phi) is 2.69. The molecule has 2 aromatic rings. The maximum absolute atomic E-state index is 5.33. The molecule has 14 heavy (non-hydrogen) atoms. The van der Waals surface area contributed by atoms with E-state index in [-0.39, 0.29) is 0 Å². The molecule has 0 atom stereocenters. The molecule has 2 heterocycles. The monoisotopic (exact) mass is 192 g/mol. The Bertz CT molecular complexity index is 412. The van der Waals surface area contributed by atoms with Gasteiger partial charge in [-0.15, -0.1) is 0 Å². The second-order valence-corrected chi connectivity index (χ2v) is 2.98. The zero-order valence-electron chi connectivity index (χ0n) is 8.03. The van der Waals surface area contributed by atoms with E-state index in [4.69, 9.17) is 4.74 Å². The Morgan fingerprint density at radius 2 is 2.36 bits per heavy atom. The number of hydrogen-bond donors (Lipinski definition) is 1. The highest BCUT2D eigenvalue weighted by atomic mass is 16.5. The first-order chi connectivity index (χ1) is 6.90. The minimum absolute atomic E-state index is 0.455. The standard InChI is InChI=1S/C9H12N4O/c1-2-3-14-5-8-10-4-7-9(13-8)12-6-11-7/h4,6H,2-3,5H2,1H3,(H,10,11,12,13). The summed E-state index contributed by atoms with van der Waals surface area (Å²) < 4.78 is 5.33. The molecule has 74 valence electrons. The Morgan fingerprint density at radius 3 is 3.21 bits per heavy atom. The second kappa shape index (κ2) is 4.15. The van der Waals surface area contributed by atoms with Crippen LogP contribution in [0.1, 0.15) is 19.2 Å². The molecule has 2 rings (SSSR count). The zero-order valence-corrected chi connectivity index (χ0v) is 8.03. The van der Waals surface area contributed by atoms with Crippen molar-refractivity contribution in [1.29, 1.82) is 0 Å². The van der Waals surface area contributed by atoms with Gasteiger partial charge in [-0.05, 0) is 6.42 Å². The average molecular weight is 192 g/mol. The van der Waals surface area contributed by atoms with Crippen molar-refractivity contribution in [1.82, 2.24) is 19.9 Å². The van der Waals surface area contributed by atoms with Crippen LogP contribution in [0.2, 0.25) is 0 Å². The summed E-state index contributed by atoms with van der Waals surface area (Å²) in [5, 5.41) is 0. The van der Waals surface area contributed by atoms with E-state index in [1.807, 2.05) is 0 Å². The van der Waals surface area contributed by atoms with E-state index in [1.54, 1.807) is 12.5 Å². The van der Waals surface area contributed by atoms with Crippen molar-refractivity contribution in [2.45, 2.75) is 20.0 Å². The molecule has 0 saturated carbocycles. The van der Waals surface area contributed by atoms with Crippen molar-refractivity contribution in [3.8, 4) is 0 Å². The molecule has 1 N–H and O–H groups in total. The highest BCUT2D eigenvalue weighted by Crippen LogP contribution is 2.04. The Morgan fingerprint density at radius 1 is 1.43 bits per heavy atom. The van der Waals surface area contributed by atoms with Gasteiger partial charge in [0.25, 0.3) is 0 Å². The average Bonchev–Trinajstić information content (AvgIpc) is 2.65. The lowest BCUT2D eigenvalue weighted by Gasteiger charge is -2.00. The van der Waals surface area contributed by atoms with E-state index in [9.17, 15) is 0 Å². The molecule has 0 amide bonds.